The Morgan fingerprint density at radius 3 is 2.78 bits per heavy atom. The number of hydrogen-bond acceptors (Lipinski definition) is 3. The van der Waals surface area contributed by atoms with Gasteiger partial charge in [-0.25, -0.2) is 0 Å². The van der Waals surface area contributed by atoms with Crippen LogP contribution in [0.1, 0.15) is 25.3 Å². The molecule has 2 heterocycles. The van der Waals surface area contributed by atoms with Crippen LogP contribution in [-0.2, 0) is 6.54 Å². The van der Waals surface area contributed by atoms with Crippen LogP contribution in [0.2, 0.25) is 0 Å². The second-order valence-electron chi connectivity index (χ2n) is 4.89. The summed E-state index contributed by atoms with van der Waals surface area (Å²) in [7, 11) is 0. The van der Waals surface area contributed by atoms with E-state index in [9.17, 15) is 0 Å². The monoisotopic (exact) mass is 269 g/mol. The van der Waals surface area contributed by atoms with Gasteiger partial charge in [0.2, 0.25) is 0 Å². The molecular weight excluding hydrogens is 246 g/mol. The number of nitrogens with one attached hydrogen (secondary N) is 1. The van der Waals surface area contributed by atoms with E-state index < -0.39 is 0 Å². The topological polar surface area (TPSA) is 28.2 Å². The average molecular weight is 270 g/mol. The van der Waals surface area contributed by atoms with Gasteiger partial charge in [-0.3, -0.25) is 9.88 Å². The number of rotatable bonds is 5. The van der Waals surface area contributed by atoms with Crippen molar-refractivity contribution >= 4 is 12.4 Å². The standard InChI is InChI=1S/C14H23N3.ClH/c1-2-15-10-13-5-8-17(9-6-13)12-14-4-3-7-16-11-14;/h3-4,7,11,13,15H,2,5-6,8-10,12H2,1H3;1H. The Labute approximate surface area is 116 Å². The van der Waals surface area contributed by atoms with Crippen molar-refractivity contribution in [3.63, 3.8) is 0 Å². The number of hydrogen-bond donors (Lipinski definition) is 1. The molecule has 1 aromatic rings. The van der Waals surface area contributed by atoms with Crippen molar-refractivity contribution in [2.45, 2.75) is 26.3 Å². The summed E-state index contributed by atoms with van der Waals surface area (Å²) in [5.41, 5.74) is 1.33. The maximum atomic E-state index is 4.17. The highest BCUT2D eigenvalue weighted by Crippen LogP contribution is 2.17. The van der Waals surface area contributed by atoms with Gasteiger partial charge in [0.15, 0.2) is 0 Å². The molecule has 1 N–H and O–H groups in total. The molecule has 18 heavy (non-hydrogen) atoms. The molecular formula is C14H24ClN3. The first kappa shape index (κ1) is 15.4. The maximum Gasteiger partial charge on any atom is 0.0312 e. The van der Waals surface area contributed by atoms with Crippen molar-refractivity contribution in [3.8, 4) is 0 Å². The lowest BCUT2D eigenvalue weighted by molar-refractivity contribution is 0.175. The number of nitrogens with zero attached hydrogens (tertiary/aromatic N) is 2. The van der Waals surface area contributed by atoms with E-state index >= 15 is 0 Å². The Hall–Kier alpha value is -0.640. The van der Waals surface area contributed by atoms with Crippen LogP contribution in [0.4, 0.5) is 0 Å². The van der Waals surface area contributed by atoms with E-state index in [0.29, 0.717) is 0 Å². The summed E-state index contributed by atoms with van der Waals surface area (Å²) in [5.74, 6) is 0.875. The average Bonchev–Trinajstić information content (AvgIpc) is 2.39. The molecule has 4 heteroatoms. The van der Waals surface area contributed by atoms with Crippen molar-refractivity contribution in [2.24, 2.45) is 5.92 Å². The Bertz CT molecular complexity index is 310. The molecule has 3 nitrogen and oxygen atoms in total. The molecule has 1 fully saturated rings. The predicted octanol–water partition coefficient (Wildman–Crippen LogP) is 2.32. The maximum absolute atomic E-state index is 4.17. The van der Waals surface area contributed by atoms with Crippen molar-refractivity contribution in [3.05, 3.63) is 30.1 Å². The second-order valence-corrected chi connectivity index (χ2v) is 4.89. The van der Waals surface area contributed by atoms with Crippen LogP contribution in [0.5, 0.6) is 0 Å². The minimum absolute atomic E-state index is 0. The Balaban J connectivity index is 0.00000162. The summed E-state index contributed by atoms with van der Waals surface area (Å²) < 4.78 is 0. The Morgan fingerprint density at radius 2 is 2.17 bits per heavy atom. The Kier molecular flexibility index (Phi) is 7.25. The number of piperidine rings is 1. The van der Waals surface area contributed by atoms with Gasteiger partial charge in [0, 0.05) is 18.9 Å². The largest absolute Gasteiger partial charge is 0.317 e. The molecule has 0 bridgehead atoms. The van der Waals surface area contributed by atoms with Crippen LogP contribution in [-0.4, -0.2) is 36.1 Å². The van der Waals surface area contributed by atoms with Gasteiger partial charge in [-0.2, -0.15) is 0 Å². The molecule has 1 aliphatic rings. The SMILES string of the molecule is CCNCC1CCN(Cc2cccnc2)CC1.Cl. The first-order valence-electron chi connectivity index (χ1n) is 6.70. The quantitative estimate of drug-likeness (QED) is 0.889. The van der Waals surface area contributed by atoms with Crippen LogP contribution in [0, 0.1) is 5.92 Å². The number of pyridine rings is 1. The van der Waals surface area contributed by atoms with E-state index in [1.54, 1.807) is 0 Å². The summed E-state index contributed by atoms with van der Waals surface area (Å²) in [6.45, 7) is 7.97. The molecule has 0 aromatic carbocycles. The summed E-state index contributed by atoms with van der Waals surface area (Å²) in [6, 6.07) is 4.19. The molecule has 0 atom stereocenters. The van der Waals surface area contributed by atoms with Gasteiger partial charge in [0.25, 0.3) is 0 Å². The van der Waals surface area contributed by atoms with E-state index in [1.807, 2.05) is 18.5 Å². The highest BCUT2D eigenvalue weighted by molar-refractivity contribution is 5.85. The third-order valence-corrected chi connectivity index (χ3v) is 3.52. The lowest BCUT2D eigenvalue weighted by atomic mass is 9.96. The number of likely N-dealkylation sites (tertiary alicyclic amines) is 1. The van der Waals surface area contributed by atoms with E-state index in [4.69, 9.17) is 0 Å². The molecule has 102 valence electrons. The number of halogens is 1. The van der Waals surface area contributed by atoms with Crippen molar-refractivity contribution in [1.82, 2.24) is 15.2 Å². The smallest absolute Gasteiger partial charge is 0.0312 e. The van der Waals surface area contributed by atoms with Crippen LogP contribution >= 0.6 is 12.4 Å². The highest BCUT2D eigenvalue weighted by atomic mass is 35.5. The molecule has 0 spiro atoms. The third-order valence-electron chi connectivity index (χ3n) is 3.52. The van der Waals surface area contributed by atoms with Gasteiger partial charge >= 0.3 is 0 Å². The van der Waals surface area contributed by atoms with Crippen molar-refractivity contribution < 1.29 is 0 Å². The molecule has 1 aliphatic heterocycles. The second kappa shape index (κ2) is 8.46. The summed E-state index contributed by atoms with van der Waals surface area (Å²) in [6.07, 6.45) is 6.47. The molecule has 0 saturated carbocycles. The van der Waals surface area contributed by atoms with Gasteiger partial charge in [-0.15, -0.1) is 12.4 Å². The van der Waals surface area contributed by atoms with Crippen LogP contribution < -0.4 is 5.32 Å². The Morgan fingerprint density at radius 1 is 1.39 bits per heavy atom. The fraction of sp³-hybridized carbons (Fsp3) is 0.643. The minimum Gasteiger partial charge on any atom is -0.317 e. The molecule has 1 saturated heterocycles. The van der Waals surface area contributed by atoms with Crippen molar-refractivity contribution in [1.29, 1.82) is 0 Å². The predicted molar refractivity (Wildman–Crippen MR) is 78.0 cm³/mol. The zero-order chi connectivity index (χ0) is 11.9. The van der Waals surface area contributed by atoms with E-state index in [-0.39, 0.29) is 12.4 Å². The summed E-state index contributed by atoms with van der Waals surface area (Å²) in [5, 5.41) is 3.45. The number of aromatic nitrogens is 1. The molecule has 1 aromatic heterocycles. The lowest BCUT2D eigenvalue weighted by Crippen LogP contribution is -2.36. The molecule has 0 radical (unpaired) electrons. The highest BCUT2D eigenvalue weighted by Gasteiger charge is 2.18. The van der Waals surface area contributed by atoms with E-state index in [1.165, 1.54) is 38.0 Å². The normalized spacial score (nSPS) is 17.4. The van der Waals surface area contributed by atoms with E-state index in [2.05, 4.69) is 28.2 Å². The van der Waals surface area contributed by atoms with E-state index in [0.717, 1.165) is 19.0 Å². The van der Waals surface area contributed by atoms with Gasteiger partial charge in [-0.05, 0) is 56.6 Å². The van der Waals surface area contributed by atoms with Crippen molar-refractivity contribution in [2.75, 3.05) is 26.2 Å². The van der Waals surface area contributed by atoms with Crippen LogP contribution in [0.25, 0.3) is 0 Å². The summed E-state index contributed by atoms with van der Waals surface area (Å²) in [4.78, 5) is 6.71. The van der Waals surface area contributed by atoms with Gasteiger partial charge in [-0.1, -0.05) is 13.0 Å². The zero-order valence-corrected chi connectivity index (χ0v) is 12.0. The van der Waals surface area contributed by atoms with Gasteiger partial charge in [0.1, 0.15) is 0 Å². The summed E-state index contributed by atoms with van der Waals surface area (Å²) >= 11 is 0. The lowest BCUT2D eigenvalue weighted by Gasteiger charge is -2.31. The zero-order valence-electron chi connectivity index (χ0n) is 11.1. The molecule has 2 rings (SSSR count). The van der Waals surface area contributed by atoms with Crippen LogP contribution in [0.3, 0.4) is 0 Å². The minimum atomic E-state index is 0. The first-order chi connectivity index (χ1) is 8.38. The fourth-order valence-electron chi connectivity index (χ4n) is 2.45. The third kappa shape index (κ3) is 4.92. The molecule has 0 aliphatic carbocycles. The van der Waals surface area contributed by atoms with Crippen LogP contribution in [0.15, 0.2) is 24.5 Å². The van der Waals surface area contributed by atoms with Gasteiger partial charge < -0.3 is 5.32 Å². The first-order valence-corrected chi connectivity index (χ1v) is 6.70. The van der Waals surface area contributed by atoms with Gasteiger partial charge in [0.05, 0.1) is 0 Å². The molecule has 0 amide bonds. The fourth-order valence-corrected chi connectivity index (χ4v) is 2.45. The molecule has 0 unspecified atom stereocenters.